The van der Waals surface area contributed by atoms with Gasteiger partial charge in [0.25, 0.3) is 0 Å². The van der Waals surface area contributed by atoms with Crippen LogP contribution in [0.2, 0.25) is 0 Å². The van der Waals surface area contributed by atoms with Crippen LogP contribution >= 0.6 is 19.9 Å². The first-order valence-corrected chi connectivity index (χ1v) is 10.5. The Labute approximate surface area is 163 Å². The summed E-state index contributed by atoms with van der Waals surface area (Å²) in [6.07, 6.45) is -2.46. The van der Waals surface area contributed by atoms with E-state index in [-0.39, 0.29) is 35.6 Å². The Kier molecular flexibility index (Phi) is 6.54. The zero-order valence-corrected chi connectivity index (χ0v) is 16.3. The van der Waals surface area contributed by atoms with Gasteiger partial charge in [0.2, 0.25) is 0 Å². The third kappa shape index (κ3) is 4.30. The minimum atomic E-state index is -4.38. The number of ether oxygens (including phenoxy) is 1. The van der Waals surface area contributed by atoms with Gasteiger partial charge in [0.15, 0.2) is 23.1 Å². The highest BCUT2D eigenvalue weighted by atomic mass is 32.2. The van der Waals surface area contributed by atoms with Crippen LogP contribution in [-0.2, 0) is 17.8 Å². The predicted octanol–water partition coefficient (Wildman–Crippen LogP) is -0.462. The Morgan fingerprint density at radius 3 is 2.86 bits per heavy atom. The lowest BCUT2D eigenvalue weighted by molar-refractivity contribution is -0.0603. The van der Waals surface area contributed by atoms with Crippen molar-refractivity contribution in [3.8, 4) is 0 Å². The molecule has 1 aliphatic rings. The fraction of sp³-hybridized carbons (Fsp3) is 0.615. The summed E-state index contributed by atoms with van der Waals surface area (Å²) < 4.78 is 27.8. The summed E-state index contributed by atoms with van der Waals surface area (Å²) in [6, 6.07) is 0. The lowest BCUT2D eigenvalue weighted by Gasteiger charge is -2.20. The molecular formula is C13H20N5O8PS. The van der Waals surface area contributed by atoms with Crippen molar-refractivity contribution in [2.75, 3.05) is 12.3 Å². The average molecular weight is 437 g/mol. The molecule has 2 aromatic heterocycles. The van der Waals surface area contributed by atoms with Crippen LogP contribution in [0.15, 0.2) is 12.7 Å². The van der Waals surface area contributed by atoms with E-state index in [1.54, 1.807) is 6.92 Å². The van der Waals surface area contributed by atoms with E-state index < -0.39 is 37.8 Å². The second-order valence-corrected chi connectivity index (χ2v) is 8.39. The summed E-state index contributed by atoms with van der Waals surface area (Å²) in [5.74, 6) is 0.128. The maximum absolute atomic E-state index is 11.7. The van der Waals surface area contributed by atoms with Crippen molar-refractivity contribution in [3.05, 3.63) is 12.7 Å². The largest absolute Gasteiger partial charge is 0.483 e. The van der Waals surface area contributed by atoms with E-state index in [0.29, 0.717) is 6.42 Å². The van der Waals surface area contributed by atoms with E-state index >= 15 is 0 Å². The molecule has 6 atom stereocenters. The van der Waals surface area contributed by atoms with Crippen LogP contribution in [0, 0.1) is 0 Å². The van der Waals surface area contributed by atoms with E-state index in [4.69, 9.17) is 10.5 Å². The number of nitrogen functional groups attached to an aromatic ring is 1. The van der Waals surface area contributed by atoms with E-state index in [1.165, 1.54) is 17.2 Å². The molecule has 0 radical (unpaired) electrons. The molecular weight excluding hydrogens is 417 g/mol. The fourth-order valence-corrected chi connectivity index (χ4v) is 4.30. The Morgan fingerprint density at radius 1 is 1.39 bits per heavy atom. The van der Waals surface area contributed by atoms with E-state index in [1.807, 2.05) is 0 Å². The van der Waals surface area contributed by atoms with E-state index in [0.717, 1.165) is 0 Å². The molecule has 15 heteroatoms. The van der Waals surface area contributed by atoms with Gasteiger partial charge in [0, 0.05) is 12.0 Å². The first-order valence-electron chi connectivity index (χ1n) is 8.20. The molecule has 3 heterocycles. The summed E-state index contributed by atoms with van der Waals surface area (Å²) in [5.41, 5.74) is 4.66. The number of hydrogen-bond donors (Lipinski definition) is 5. The molecule has 6 N–H and O–H groups in total. The Bertz CT molecular complexity index is 871. The van der Waals surface area contributed by atoms with Crippen LogP contribution in [0.5, 0.6) is 0 Å². The molecule has 1 aliphatic heterocycles. The second-order valence-electron chi connectivity index (χ2n) is 5.92. The SMILES string of the molecule is CCCOP(=O)(O)OSC(O)[C@H]1O[C@@H](n2cnc3c(N)ncnc32)[C@H](O)[C@@H]1O. The summed E-state index contributed by atoms with van der Waals surface area (Å²) in [4.78, 5) is 21.4. The predicted molar refractivity (Wildman–Crippen MR) is 96.4 cm³/mol. The van der Waals surface area contributed by atoms with Crippen molar-refractivity contribution in [1.82, 2.24) is 19.5 Å². The monoisotopic (exact) mass is 437 g/mol. The average Bonchev–Trinajstić information content (AvgIpc) is 3.21. The fourth-order valence-electron chi connectivity index (χ4n) is 2.59. The minimum Gasteiger partial charge on any atom is -0.387 e. The summed E-state index contributed by atoms with van der Waals surface area (Å²) >= 11 is 0.193. The first kappa shape index (κ1) is 21.4. The van der Waals surface area contributed by atoms with Crippen molar-refractivity contribution in [1.29, 1.82) is 0 Å². The van der Waals surface area contributed by atoms with Gasteiger partial charge in [-0.25, -0.2) is 23.5 Å². The number of aliphatic hydroxyl groups is 3. The second kappa shape index (κ2) is 8.57. The Hall–Kier alpha value is -1.35. The zero-order chi connectivity index (χ0) is 20.5. The third-order valence-corrected chi connectivity index (χ3v) is 5.98. The molecule has 0 amide bonds. The van der Waals surface area contributed by atoms with Crippen molar-refractivity contribution in [2.24, 2.45) is 0 Å². The van der Waals surface area contributed by atoms with Crippen LogP contribution in [0.3, 0.4) is 0 Å². The number of aromatic nitrogens is 4. The van der Waals surface area contributed by atoms with Gasteiger partial charge in [-0.1, -0.05) is 6.92 Å². The summed E-state index contributed by atoms with van der Waals surface area (Å²) in [7, 11) is -4.38. The number of imidazole rings is 1. The summed E-state index contributed by atoms with van der Waals surface area (Å²) in [5, 5.41) is 30.8. The molecule has 0 aliphatic carbocycles. The molecule has 0 saturated carbocycles. The molecule has 2 aromatic rings. The van der Waals surface area contributed by atoms with Gasteiger partial charge in [-0.3, -0.25) is 9.09 Å². The van der Waals surface area contributed by atoms with Crippen molar-refractivity contribution >= 4 is 36.8 Å². The molecule has 0 aromatic carbocycles. The summed E-state index contributed by atoms with van der Waals surface area (Å²) in [6.45, 7) is 1.73. The van der Waals surface area contributed by atoms with Gasteiger partial charge in [-0.05, 0) is 6.42 Å². The third-order valence-electron chi connectivity index (χ3n) is 3.91. The topological polar surface area (TPSA) is 195 Å². The van der Waals surface area contributed by atoms with Gasteiger partial charge >= 0.3 is 7.82 Å². The molecule has 1 saturated heterocycles. The number of nitrogens with zero attached hydrogens (tertiary/aromatic N) is 4. The van der Waals surface area contributed by atoms with Crippen LogP contribution in [0.4, 0.5) is 5.82 Å². The van der Waals surface area contributed by atoms with Crippen molar-refractivity contribution in [3.63, 3.8) is 0 Å². The highest BCUT2D eigenvalue weighted by Crippen LogP contribution is 2.49. The van der Waals surface area contributed by atoms with Crippen LogP contribution in [0.1, 0.15) is 19.6 Å². The van der Waals surface area contributed by atoms with Crippen LogP contribution in [-0.4, -0.2) is 70.1 Å². The Balaban J connectivity index is 1.71. The highest BCUT2D eigenvalue weighted by molar-refractivity contribution is 7.98. The number of hydrogen-bond acceptors (Lipinski definition) is 12. The molecule has 13 nitrogen and oxygen atoms in total. The number of nitrogens with two attached hydrogens (primary N) is 1. The van der Waals surface area contributed by atoms with Gasteiger partial charge < -0.3 is 30.7 Å². The molecule has 2 unspecified atom stereocenters. The normalized spacial score (nSPS) is 28.5. The Morgan fingerprint density at radius 2 is 2.14 bits per heavy atom. The molecule has 3 rings (SSSR count). The van der Waals surface area contributed by atoms with E-state index in [2.05, 4.69) is 23.4 Å². The van der Waals surface area contributed by atoms with Crippen molar-refractivity contribution < 1.29 is 38.0 Å². The first-order chi connectivity index (χ1) is 13.2. The van der Waals surface area contributed by atoms with Crippen molar-refractivity contribution in [2.45, 2.75) is 43.3 Å². The van der Waals surface area contributed by atoms with Gasteiger partial charge in [-0.15, -0.1) is 0 Å². The number of fused-ring (bicyclic) bond motifs is 1. The van der Waals surface area contributed by atoms with Crippen LogP contribution < -0.4 is 5.73 Å². The van der Waals surface area contributed by atoms with Gasteiger partial charge in [0.1, 0.15) is 30.2 Å². The van der Waals surface area contributed by atoms with E-state index in [9.17, 15) is 24.8 Å². The zero-order valence-electron chi connectivity index (χ0n) is 14.6. The van der Waals surface area contributed by atoms with Gasteiger partial charge in [0.05, 0.1) is 12.9 Å². The lowest BCUT2D eigenvalue weighted by atomic mass is 10.1. The maximum atomic E-state index is 11.7. The molecule has 0 spiro atoms. The van der Waals surface area contributed by atoms with Gasteiger partial charge in [-0.2, -0.15) is 0 Å². The standard InChI is InChI=1S/C13H20N5O8PS/c1-2-3-24-27(22,23)26-28-13(21)9-7(19)8(20)12(25-9)18-5-17-6-10(14)15-4-16-11(6)18/h4-5,7-9,12-13,19-21H,2-3H2,1H3,(H,22,23)(H2,14,15,16)/t7-,8+,9-,12+,13?/m0/s1. The minimum absolute atomic E-state index is 0.00747. The molecule has 0 bridgehead atoms. The quantitative estimate of drug-likeness (QED) is 0.202. The molecule has 156 valence electrons. The molecule has 1 fully saturated rings. The van der Waals surface area contributed by atoms with Crippen LogP contribution in [0.25, 0.3) is 11.2 Å². The number of anilines is 1. The number of aliphatic hydroxyl groups excluding tert-OH is 3. The molecule has 28 heavy (non-hydrogen) atoms. The number of phosphoric ester groups is 1. The lowest BCUT2D eigenvalue weighted by Crippen LogP contribution is -2.37. The number of phosphoric acid groups is 1. The highest BCUT2D eigenvalue weighted by Gasteiger charge is 2.48. The maximum Gasteiger partial charge on any atom is 0.483 e. The number of rotatable bonds is 8. The smallest absolute Gasteiger partial charge is 0.387 e.